The van der Waals surface area contributed by atoms with E-state index in [0.29, 0.717) is 16.1 Å². The van der Waals surface area contributed by atoms with Gasteiger partial charge < -0.3 is 0 Å². The summed E-state index contributed by atoms with van der Waals surface area (Å²) in [5.41, 5.74) is 2.98. The molecule has 0 saturated heterocycles. The predicted molar refractivity (Wildman–Crippen MR) is 76.2 cm³/mol. The predicted octanol–water partition coefficient (Wildman–Crippen LogP) is 4.58. The van der Waals surface area contributed by atoms with Crippen LogP contribution in [0.1, 0.15) is 25.0 Å². The first-order valence-electron chi connectivity index (χ1n) is 5.97. The molecule has 2 nitrogen and oxygen atoms in total. The smallest absolute Gasteiger partial charge is 0.162 e. The molecule has 94 valence electrons. The Morgan fingerprint density at radius 3 is 2.11 bits per heavy atom. The zero-order valence-corrected chi connectivity index (χ0v) is 11.9. The summed E-state index contributed by atoms with van der Waals surface area (Å²) < 4.78 is 0. The number of benzene rings is 1. The molecule has 0 saturated carbocycles. The van der Waals surface area contributed by atoms with Crippen molar-refractivity contribution in [3.8, 4) is 11.4 Å². The molecule has 0 spiro atoms. The molecule has 0 atom stereocenters. The molecular weight excluding hydrogens is 267 g/mol. The number of hydrogen-bond donors (Lipinski definition) is 0. The van der Waals surface area contributed by atoms with Crippen LogP contribution in [0.25, 0.3) is 11.4 Å². The monoisotopic (exact) mass is 280 g/mol. The van der Waals surface area contributed by atoms with Gasteiger partial charge in [0.1, 0.15) is 10.3 Å². The van der Waals surface area contributed by atoms with Crippen molar-refractivity contribution in [1.29, 1.82) is 0 Å². The number of rotatable bonds is 3. The summed E-state index contributed by atoms with van der Waals surface area (Å²) in [5.74, 6) is 0.597. The van der Waals surface area contributed by atoms with Crippen LogP contribution >= 0.6 is 23.2 Å². The highest BCUT2D eigenvalue weighted by Gasteiger charge is 2.12. The molecule has 0 aliphatic carbocycles. The maximum absolute atomic E-state index is 6.14. The molecular formula is C14H14Cl2N2. The summed E-state index contributed by atoms with van der Waals surface area (Å²) in [4.78, 5) is 8.71. The maximum Gasteiger partial charge on any atom is 0.162 e. The van der Waals surface area contributed by atoms with Gasteiger partial charge in [-0.1, -0.05) is 61.3 Å². The molecule has 0 aliphatic heterocycles. The van der Waals surface area contributed by atoms with Gasteiger partial charge in [0.2, 0.25) is 0 Å². The first kappa shape index (κ1) is 13.3. The van der Waals surface area contributed by atoms with E-state index in [2.05, 4.69) is 23.0 Å². The van der Waals surface area contributed by atoms with Crippen molar-refractivity contribution in [2.75, 3.05) is 0 Å². The van der Waals surface area contributed by atoms with Crippen LogP contribution in [0.4, 0.5) is 0 Å². The second-order valence-electron chi connectivity index (χ2n) is 3.97. The maximum atomic E-state index is 6.14. The Bertz CT molecular complexity index is 544. The van der Waals surface area contributed by atoms with E-state index in [0.717, 1.165) is 24.0 Å². The summed E-state index contributed by atoms with van der Waals surface area (Å²) in [6.07, 6.45) is 1.65. The van der Waals surface area contributed by atoms with E-state index in [1.165, 1.54) is 5.56 Å². The molecule has 0 amide bonds. The molecule has 1 aromatic carbocycles. The van der Waals surface area contributed by atoms with Gasteiger partial charge in [0.25, 0.3) is 0 Å². The van der Waals surface area contributed by atoms with Gasteiger partial charge in [-0.25, -0.2) is 9.97 Å². The lowest BCUT2D eigenvalue weighted by atomic mass is 10.0. The van der Waals surface area contributed by atoms with Crippen molar-refractivity contribution in [3.05, 3.63) is 45.7 Å². The molecule has 1 heterocycles. The lowest BCUT2D eigenvalue weighted by molar-refractivity contribution is 1.04. The SMILES string of the molecule is CCc1ccccc1-c1nc(Cl)c(CC)c(Cl)n1. The van der Waals surface area contributed by atoms with E-state index in [-0.39, 0.29) is 0 Å². The summed E-state index contributed by atoms with van der Waals surface area (Å²) in [5, 5.41) is 0.886. The third-order valence-corrected chi connectivity index (χ3v) is 3.52. The Morgan fingerprint density at radius 2 is 1.56 bits per heavy atom. The molecule has 0 radical (unpaired) electrons. The van der Waals surface area contributed by atoms with Crippen LogP contribution < -0.4 is 0 Å². The molecule has 0 aliphatic rings. The van der Waals surface area contributed by atoms with Crippen molar-refractivity contribution >= 4 is 23.2 Å². The minimum Gasteiger partial charge on any atom is -0.216 e. The summed E-state index contributed by atoms with van der Waals surface area (Å²) in [7, 11) is 0. The molecule has 0 fully saturated rings. The third-order valence-electron chi connectivity index (χ3n) is 2.90. The zero-order valence-electron chi connectivity index (χ0n) is 10.4. The number of halogens is 2. The lowest BCUT2D eigenvalue weighted by Crippen LogP contribution is -1.98. The van der Waals surface area contributed by atoms with Crippen molar-refractivity contribution < 1.29 is 0 Å². The number of nitrogens with zero attached hydrogens (tertiary/aromatic N) is 2. The normalized spacial score (nSPS) is 10.7. The highest BCUT2D eigenvalue weighted by molar-refractivity contribution is 6.34. The van der Waals surface area contributed by atoms with Crippen molar-refractivity contribution in [2.45, 2.75) is 26.7 Å². The fourth-order valence-corrected chi connectivity index (χ4v) is 2.54. The molecule has 0 unspecified atom stereocenters. The van der Waals surface area contributed by atoms with Gasteiger partial charge in [0, 0.05) is 11.1 Å². The first-order chi connectivity index (χ1) is 8.67. The van der Waals surface area contributed by atoms with Gasteiger partial charge in [-0.3, -0.25) is 0 Å². The highest BCUT2D eigenvalue weighted by Crippen LogP contribution is 2.27. The van der Waals surface area contributed by atoms with E-state index in [4.69, 9.17) is 23.2 Å². The second kappa shape index (κ2) is 5.68. The minimum atomic E-state index is 0.443. The zero-order chi connectivity index (χ0) is 13.1. The van der Waals surface area contributed by atoms with E-state index in [1.807, 2.05) is 25.1 Å². The Hall–Kier alpha value is -1.12. The van der Waals surface area contributed by atoms with Gasteiger partial charge in [0.15, 0.2) is 5.82 Å². The van der Waals surface area contributed by atoms with Gasteiger partial charge in [0.05, 0.1) is 0 Å². The molecule has 0 N–H and O–H groups in total. The second-order valence-corrected chi connectivity index (χ2v) is 4.69. The number of aromatic nitrogens is 2. The lowest BCUT2D eigenvalue weighted by Gasteiger charge is -2.09. The molecule has 1 aromatic heterocycles. The fourth-order valence-electron chi connectivity index (χ4n) is 1.89. The van der Waals surface area contributed by atoms with Crippen molar-refractivity contribution in [2.24, 2.45) is 0 Å². The van der Waals surface area contributed by atoms with E-state index in [9.17, 15) is 0 Å². The van der Waals surface area contributed by atoms with Crippen LogP contribution in [-0.2, 0) is 12.8 Å². The topological polar surface area (TPSA) is 25.8 Å². The van der Waals surface area contributed by atoms with Crippen molar-refractivity contribution in [1.82, 2.24) is 9.97 Å². The standard InChI is InChI=1S/C14H14Cl2N2/c1-3-9-7-5-6-8-11(9)14-17-12(15)10(4-2)13(16)18-14/h5-8H,3-4H2,1-2H3. The van der Waals surface area contributed by atoms with Crippen LogP contribution in [0.3, 0.4) is 0 Å². The van der Waals surface area contributed by atoms with Gasteiger partial charge in [-0.05, 0) is 18.4 Å². The third kappa shape index (κ3) is 2.50. The summed E-state index contributed by atoms with van der Waals surface area (Å²) in [6, 6.07) is 8.03. The Labute approximate surface area is 117 Å². The number of aryl methyl sites for hydroxylation is 1. The van der Waals surface area contributed by atoms with E-state index >= 15 is 0 Å². The average Bonchev–Trinajstić information content (AvgIpc) is 2.38. The molecule has 18 heavy (non-hydrogen) atoms. The molecule has 4 heteroatoms. The highest BCUT2D eigenvalue weighted by atomic mass is 35.5. The van der Waals surface area contributed by atoms with Gasteiger partial charge in [-0.15, -0.1) is 0 Å². The molecule has 2 rings (SSSR count). The van der Waals surface area contributed by atoms with E-state index < -0.39 is 0 Å². The van der Waals surface area contributed by atoms with Crippen LogP contribution in [0.2, 0.25) is 10.3 Å². The fraction of sp³-hybridized carbons (Fsp3) is 0.286. The Morgan fingerprint density at radius 1 is 0.944 bits per heavy atom. The quantitative estimate of drug-likeness (QED) is 0.770. The Kier molecular flexibility index (Phi) is 4.20. The molecule has 0 bridgehead atoms. The molecule has 2 aromatic rings. The largest absolute Gasteiger partial charge is 0.216 e. The summed E-state index contributed by atoms with van der Waals surface area (Å²) >= 11 is 12.3. The van der Waals surface area contributed by atoms with E-state index in [1.54, 1.807) is 0 Å². The van der Waals surface area contributed by atoms with Crippen LogP contribution in [-0.4, -0.2) is 9.97 Å². The van der Waals surface area contributed by atoms with Crippen molar-refractivity contribution in [3.63, 3.8) is 0 Å². The first-order valence-corrected chi connectivity index (χ1v) is 6.73. The average molecular weight is 281 g/mol. The number of hydrogen-bond acceptors (Lipinski definition) is 2. The Balaban J connectivity index is 2.58. The van der Waals surface area contributed by atoms with Crippen LogP contribution in [0, 0.1) is 0 Å². The van der Waals surface area contributed by atoms with Gasteiger partial charge >= 0.3 is 0 Å². The van der Waals surface area contributed by atoms with Gasteiger partial charge in [-0.2, -0.15) is 0 Å². The minimum absolute atomic E-state index is 0.443. The van der Waals surface area contributed by atoms with Crippen LogP contribution in [0.15, 0.2) is 24.3 Å². The van der Waals surface area contributed by atoms with Crippen LogP contribution in [0.5, 0.6) is 0 Å². The summed E-state index contributed by atoms with van der Waals surface area (Å²) in [6.45, 7) is 4.08.